The van der Waals surface area contributed by atoms with E-state index >= 15 is 0 Å². The van der Waals surface area contributed by atoms with Crippen molar-refractivity contribution >= 4 is 21.6 Å². The molecule has 3 atom stereocenters. The molecular formula is C13H17BrN2O4. The molecule has 110 valence electrons. The van der Waals surface area contributed by atoms with Crippen molar-refractivity contribution in [1.82, 2.24) is 0 Å². The molecule has 20 heavy (non-hydrogen) atoms. The molecule has 2 rings (SSSR count). The zero-order chi connectivity index (χ0) is 14.7. The summed E-state index contributed by atoms with van der Waals surface area (Å²) in [6.07, 6.45) is 1.29. The molecule has 1 saturated carbocycles. The van der Waals surface area contributed by atoms with Crippen molar-refractivity contribution in [3.63, 3.8) is 0 Å². The van der Waals surface area contributed by atoms with Crippen LogP contribution in [0.5, 0.6) is 5.75 Å². The fraction of sp³-hybridized carbons (Fsp3) is 0.538. The molecule has 1 aliphatic carbocycles. The Morgan fingerprint density at radius 1 is 1.55 bits per heavy atom. The SMILES string of the molecule is CCCOC1C(N)CC1Oc1cccc([N+](=O)[O-])c1Br. The highest BCUT2D eigenvalue weighted by Crippen LogP contribution is 2.37. The lowest BCUT2D eigenvalue weighted by molar-refractivity contribution is -0.385. The van der Waals surface area contributed by atoms with Crippen molar-refractivity contribution in [2.75, 3.05) is 6.61 Å². The van der Waals surface area contributed by atoms with E-state index in [0.717, 1.165) is 6.42 Å². The minimum atomic E-state index is -0.450. The van der Waals surface area contributed by atoms with Crippen LogP contribution in [0.2, 0.25) is 0 Å². The van der Waals surface area contributed by atoms with Crippen LogP contribution in [-0.2, 0) is 4.74 Å². The summed E-state index contributed by atoms with van der Waals surface area (Å²) in [4.78, 5) is 10.4. The zero-order valence-corrected chi connectivity index (χ0v) is 12.7. The Hall–Kier alpha value is -1.18. The normalized spacial score (nSPS) is 25.1. The van der Waals surface area contributed by atoms with Crippen LogP contribution in [0.15, 0.2) is 22.7 Å². The topological polar surface area (TPSA) is 87.6 Å². The molecule has 3 unspecified atom stereocenters. The van der Waals surface area contributed by atoms with Gasteiger partial charge >= 0.3 is 0 Å². The zero-order valence-electron chi connectivity index (χ0n) is 11.1. The van der Waals surface area contributed by atoms with Crippen molar-refractivity contribution < 1.29 is 14.4 Å². The fourth-order valence-electron chi connectivity index (χ4n) is 2.11. The molecule has 0 amide bonds. The Balaban J connectivity index is 2.07. The minimum Gasteiger partial charge on any atom is -0.486 e. The van der Waals surface area contributed by atoms with Crippen molar-refractivity contribution in [2.24, 2.45) is 5.73 Å². The molecule has 0 saturated heterocycles. The quantitative estimate of drug-likeness (QED) is 0.633. The van der Waals surface area contributed by atoms with Gasteiger partial charge in [-0.3, -0.25) is 10.1 Å². The van der Waals surface area contributed by atoms with Crippen LogP contribution < -0.4 is 10.5 Å². The summed E-state index contributed by atoms with van der Waals surface area (Å²) in [5.74, 6) is 0.446. The summed E-state index contributed by atoms with van der Waals surface area (Å²) in [5, 5.41) is 10.9. The van der Waals surface area contributed by atoms with E-state index in [9.17, 15) is 10.1 Å². The van der Waals surface area contributed by atoms with E-state index in [1.807, 2.05) is 6.92 Å². The maximum atomic E-state index is 10.9. The Bertz CT molecular complexity index is 497. The molecule has 2 N–H and O–H groups in total. The molecule has 0 radical (unpaired) electrons. The van der Waals surface area contributed by atoms with E-state index in [0.29, 0.717) is 23.2 Å². The second-order valence-corrected chi connectivity index (χ2v) is 5.53. The van der Waals surface area contributed by atoms with E-state index in [2.05, 4.69) is 15.9 Å². The van der Waals surface area contributed by atoms with Crippen LogP contribution in [-0.4, -0.2) is 29.8 Å². The first-order valence-corrected chi connectivity index (χ1v) is 7.30. The second kappa shape index (κ2) is 6.51. The van der Waals surface area contributed by atoms with Gasteiger partial charge in [0.1, 0.15) is 22.4 Å². The average molecular weight is 345 g/mol. The van der Waals surface area contributed by atoms with E-state index in [1.54, 1.807) is 12.1 Å². The first-order chi connectivity index (χ1) is 9.54. The van der Waals surface area contributed by atoms with Gasteiger partial charge in [-0.1, -0.05) is 13.0 Å². The van der Waals surface area contributed by atoms with Gasteiger partial charge in [0, 0.05) is 25.1 Å². The van der Waals surface area contributed by atoms with Crippen LogP contribution in [0, 0.1) is 10.1 Å². The summed E-state index contributed by atoms with van der Waals surface area (Å²) in [7, 11) is 0. The molecule has 0 aliphatic heterocycles. The molecule has 1 fully saturated rings. The highest BCUT2D eigenvalue weighted by atomic mass is 79.9. The number of halogens is 1. The number of hydrogen-bond donors (Lipinski definition) is 1. The molecular weight excluding hydrogens is 328 g/mol. The van der Waals surface area contributed by atoms with Gasteiger partial charge in [-0.25, -0.2) is 0 Å². The van der Waals surface area contributed by atoms with E-state index in [4.69, 9.17) is 15.2 Å². The summed E-state index contributed by atoms with van der Waals surface area (Å²) in [6.45, 7) is 2.66. The van der Waals surface area contributed by atoms with Gasteiger partial charge in [-0.2, -0.15) is 0 Å². The maximum Gasteiger partial charge on any atom is 0.287 e. The van der Waals surface area contributed by atoms with Gasteiger partial charge in [-0.15, -0.1) is 0 Å². The van der Waals surface area contributed by atoms with Gasteiger partial charge in [0.2, 0.25) is 0 Å². The minimum absolute atomic E-state index is 0.0165. The second-order valence-electron chi connectivity index (χ2n) is 4.74. The van der Waals surface area contributed by atoms with Gasteiger partial charge in [-0.05, 0) is 28.4 Å². The lowest BCUT2D eigenvalue weighted by Crippen LogP contribution is -2.59. The van der Waals surface area contributed by atoms with Crippen LogP contribution in [0.1, 0.15) is 19.8 Å². The van der Waals surface area contributed by atoms with Crippen LogP contribution in [0.25, 0.3) is 0 Å². The van der Waals surface area contributed by atoms with E-state index in [1.165, 1.54) is 6.07 Å². The van der Waals surface area contributed by atoms with Crippen LogP contribution >= 0.6 is 15.9 Å². The molecule has 6 nitrogen and oxygen atoms in total. The summed E-state index contributed by atoms with van der Waals surface area (Å²) < 4.78 is 11.8. The third kappa shape index (κ3) is 3.11. The van der Waals surface area contributed by atoms with Crippen molar-refractivity contribution in [3.05, 3.63) is 32.8 Å². The predicted molar refractivity (Wildman–Crippen MR) is 77.8 cm³/mol. The molecule has 0 heterocycles. The lowest BCUT2D eigenvalue weighted by Gasteiger charge is -2.41. The number of ether oxygens (including phenoxy) is 2. The Morgan fingerprint density at radius 2 is 2.30 bits per heavy atom. The third-order valence-corrected chi connectivity index (χ3v) is 4.02. The number of nitrogens with two attached hydrogens (primary N) is 1. The Morgan fingerprint density at radius 3 is 2.90 bits per heavy atom. The molecule has 1 aromatic carbocycles. The van der Waals surface area contributed by atoms with Crippen molar-refractivity contribution in [3.8, 4) is 5.75 Å². The number of nitro groups is 1. The first-order valence-electron chi connectivity index (χ1n) is 6.51. The van der Waals surface area contributed by atoms with E-state index < -0.39 is 4.92 Å². The van der Waals surface area contributed by atoms with Crippen LogP contribution in [0.4, 0.5) is 5.69 Å². The monoisotopic (exact) mass is 344 g/mol. The maximum absolute atomic E-state index is 10.9. The van der Waals surface area contributed by atoms with Crippen LogP contribution in [0.3, 0.4) is 0 Å². The first kappa shape index (κ1) is 15.2. The highest BCUT2D eigenvalue weighted by Gasteiger charge is 2.42. The molecule has 0 spiro atoms. The number of benzene rings is 1. The average Bonchev–Trinajstić information content (AvgIpc) is 2.40. The number of rotatable bonds is 6. The Kier molecular flexibility index (Phi) is 4.95. The molecule has 0 bridgehead atoms. The van der Waals surface area contributed by atoms with E-state index in [-0.39, 0.29) is 23.9 Å². The Labute approximate surface area is 125 Å². The van der Waals surface area contributed by atoms with Crippen molar-refractivity contribution in [1.29, 1.82) is 0 Å². The molecule has 0 aromatic heterocycles. The summed E-state index contributed by atoms with van der Waals surface area (Å²) in [5.41, 5.74) is 5.88. The number of nitrogens with zero attached hydrogens (tertiary/aromatic N) is 1. The number of hydrogen-bond acceptors (Lipinski definition) is 5. The lowest BCUT2D eigenvalue weighted by atomic mass is 9.86. The molecule has 1 aliphatic rings. The predicted octanol–water partition coefficient (Wildman–Crippen LogP) is 2.63. The highest BCUT2D eigenvalue weighted by molar-refractivity contribution is 9.10. The van der Waals surface area contributed by atoms with Gasteiger partial charge < -0.3 is 15.2 Å². The van der Waals surface area contributed by atoms with Gasteiger partial charge in [0.05, 0.1) is 4.92 Å². The molecule has 1 aromatic rings. The fourth-order valence-corrected chi connectivity index (χ4v) is 2.61. The summed E-state index contributed by atoms with van der Waals surface area (Å²) in [6, 6.07) is 4.68. The molecule has 7 heteroatoms. The summed E-state index contributed by atoms with van der Waals surface area (Å²) >= 11 is 3.21. The standard InChI is InChI=1S/C13H17BrN2O4/c1-2-6-19-13-8(15)7-11(13)20-10-5-3-4-9(12(10)14)16(17)18/h3-5,8,11,13H,2,6-7,15H2,1H3. The largest absolute Gasteiger partial charge is 0.486 e. The van der Waals surface area contributed by atoms with Gasteiger partial charge in [0.15, 0.2) is 0 Å². The van der Waals surface area contributed by atoms with Crippen molar-refractivity contribution in [2.45, 2.75) is 38.0 Å². The number of nitro benzene ring substituents is 1. The van der Waals surface area contributed by atoms with Gasteiger partial charge in [0.25, 0.3) is 5.69 Å². The third-order valence-electron chi connectivity index (χ3n) is 3.23. The smallest absolute Gasteiger partial charge is 0.287 e.